The third-order valence-electron chi connectivity index (χ3n) is 8.14. The summed E-state index contributed by atoms with van der Waals surface area (Å²) in [6, 6.07) is -0.990. The molecule has 0 aromatic carbocycles. The van der Waals surface area contributed by atoms with Crippen molar-refractivity contribution >= 4 is 13.7 Å². The highest BCUT2D eigenvalue weighted by Gasteiger charge is 2.20. The first kappa shape index (κ1) is 43.0. The van der Waals surface area contributed by atoms with E-state index in [0.29, 0.717) is 0 Å². The number of phosphoric ester groups is 1. The molecule has 0 bridgehead atoms. The van der Waals surface area contributed by atoms with Gasteiger partial charge in [-0.2, -0.15) is 0 Å². The molecular weight excluding hydrogens is 573 g/mol. The molecule has 7 nitrogen and oxygen atoms in total. The summed E-state index contributed by atoms with van der Waals surface area (Å²) >= 11 is 0. The van der Waals surface area contributed by atoms with Gasteiger partial charge in [0.1, 0.15) is 0 Å². The monoisotopic (exact) mass is 641 g/mol. The summed E-state index contributed by atoms with van der Waals surface area (Å²) in [5.74, 6) is -0.277. The lowest BCUT2D eigenvalue weighted by molar-refractivity contribution is -0.342. The summed E-state index contributed by atoms with van der Waals surface area (Å²) in [5.41, 5.74) is 0. The number of unbranched alkanes of at least 4 members (excludes halogenated alkanes) is 22. The van der Waals surface area contributed by atoms with Crippen LogP contribution in [0.5, 0.6) is 0 Å². The molecule has 260 valence electrons. The van der Waals surface area contributed by atoms with Crippen molar-refractivity contribution < 1.29 is 28.8 Å². The van der Waals surface area contributed by atoms with Crippen molar-refractivity contribution in [3.05, 3.63) is 24.3 Å². The van der Waals surface area contributed by atoms with E-state index in [4.69, 9.17) is 0 Å². The van der Waals surface area contributed by atoms with E-state index in [0.717, 1.165) is 57.8 Å². The quantitative estimate of drug-likeness (QED) is 0.0419. The molecule has 0 aliphatic rings. The minimum atomic E-state index is -5.21. The number of aliphatic hydroxyl groups is 1. The smallest absolute Gasteiger partial charge is 0.220 e. The van der Waals surface area contributed by atoms with E-state index in [1.165, 1.54) is 103 Å². The number of rotatable bonds is 33. The fraction of sp³-hybridized carbons (Fsp3) is 0.861. The van der Waals surface area contributed by atoms with E-state index in [-0.39, 0.29) is 12.3 Å². The predicted molar refractivity (Wildman–Crippen MR) is 181 cm³/mol. The van der Waals surface area contributed by atoms with E-state index >= 15 is 0 Å². The molecule has 0 rings (SSSR count). The number of aliphatic hydroxyl groups excluding tert-OH is 1. The van der Waals surface area contributed by atoms with E-state index in [2.05, 4.69) is 35.8 Å². The van der Waals surface area contributed by atoms with Crippen LogP contribution in [-0.4, -0.2) is 29.8 Å². The van der Waals surface area contributed by atoms with Gasteiger partial charge in [0, 0.05) is 6.42 Å². The maximum Gasteiger partial charge on any atom is 0.220 e. The number of carbonyl (C=O) groups excluding carboxylic acids is 1. The second-order valence-electron chi connectivity index (χ2n) is 12.5. The Bertz CT molecular complexity index is 738. The van der Waals surface area contributed by atoms with Crippen molar-refractivity contribution in [2.45, 2.75) is 193 Å². The molecule has 0 fully saturated rings. The second kappa shape index (κ2) is 32.0. The normalized spacial score (nSPS) is 13.7. The van der Waals surface area contributed by atoms with Gasteiger partial charge in [0.15, 0.2) is 0 Å². The van der Waals surface area contributed by atoms with Crippen LogP contribution in [0.25, 0.3) is 0 Å². The molecule has 0 aromatic heterocycles. The number of amides is 1. The molecule has 1 amide bonds. The SMILES string of the molecule is CCCCCCCC/C=C\CCCCCCCC(=O)N[C@@H](COP(=O)([O-])[O-])[C@H](O)/C=C/CCCCCCCCCCCCC. The first-order chi connectivity index (χ1) is 21.3. The molecule has 2 N–H and O–H groups in total. The zero-order valence-electron chi connectivity index (χ0n) is 28.5. The number of hydrogen-bond acceptors (Lipinski definition) is 6. The molecule has 0 saturated heterocycles. The summed E-state index contributed by atoms with van der Waals surface area (Å²) in [5, 5.41) is 13.2. The van der Waals surface area contributed by atoms with Crippen LogP contribution in [0, 0.1) is 0 Å². The molecule has 44 heavy (non-hydrogen) atoms. The lowest BCUT2D eigenvalue weighted by Crippen LogP contribution is -2.46. The summed E-state index contributed by atoms with van der Waals surface area (Å²) in [6.07, 6.45) is 37.2. The van der Waals surface area contributed by atoms with Crippen molar-refractivity contribution in [3.63, 3.8) is 0 Å². The molecule has 2 atom stereocenters. The standard InChI is InChI=1S/C36H70NO6P/c1-3-5-7-9-11-13-15-17-18-20-22-24-26-28-30-32-36(39)37-34(33-43-44(40,41)42)35(38)31-29-27-25-23-21-19-16-14-12-10-8-6-4-2/h17-18,29,31,34-35,38H,3-16,19-28,30,32-33H2,1-2H3,(H,37,39)(H2,40,41,42)/p-2/b18-17-,31-29+/t34-,35+/m0/s1. The van der Waals surface area contributed by atoms with Crippen molar-refractivity contribution in [3.8, 4) is 0 Å². The highest BCUT2D eigenvalue weighted by molar-refractivity contribution is 7.43. The van der Waals surface area contributed by atoms with Gasteiger partial charge in [-0.1, -0.05) is 154 Å². The second-order valence-corrected chi connectivity index (χ2v) is 13.6. The first-order valence-corrected chi connectivity index (χ1v) is 19.7. The van der Waals surface area contributed by atoms with Crippen molar-refractivity contribution in [2.24, 2.45) is 0 Å². The van der Waals surface area contributed by atoms with E-state index < -0.39 is 26.6 Å². The summed E-state index contributed by atoms with van der Waals surface area (Å²) < 4.78 is 15.4. The van der Waals surface area contributed by atoms with Crippen LogP contribution in [-0.2, 0) is 13.9 Å². The maximum atomic E-state index is 12.5. The Morgan fingerprint density at radius 3 is 1.48 bits per heavy atom. The number of carbonyl (C=O) groups is 1. The van der Waals surface area contributed by atoms with Crippen molar-refractivity contribution in [1.82, 2.24) is 5.32 Å². The van der Waals surface area contributed by atoms with Gasteiger partial charge >= 0.3 is 0 Å². The molecule has 0 unspecified atom stereocenters. The van der Waals surface area contributed by atoms with E-state index in [1.807, 2.05) is 6.08 Å². The average Bonchev–Trinajstić information content (AvgIpc) is 2.99. The number of hydrogen-bond donors (Lipinski definition) is 2. The predicted octanol–water partition coefficient (Wildman–Crippen LogP) is 8.97. The average molecular weight is 642 g/mol. The van der Waals surface area contributed by atoms with Gasteiger partial charge in [-0.3, -0.25) is 4.79 Å². The number of allylic oxidation sites excluding steroid dienone is 3. The summed E-state index contributed by atoms with van der Waals surface area (Å²) in [4.78, 5) is 34.5. The van der Waals surface area contributed by atoms with Crippen LogP contribution in [0.4, 0.5) is 0 Å². The van der Waals surface area contributed by atoms with Crippen LogP contribution in [0.2, 0.25) is 0 Å². The fourth-order valence-corrected chi connectivity index (χ4v) is 5.67. The van der Waals surface area contributed by atoms with E-state index in [9.17, 15) is 24.3 Å². The maximum absolute atomic E-state index is 12.5. The Morgan fingerprint density at radius 2 is 1.05 bits per heavy atom. The Balaban J connectivity index is 4.07. The van der Waals surface area contributed by atoms with Crippen LogP contribution in [0.1, 0.15) is 181 Å². The zero-order chi connectivity index (χ0) is 32.6. The minimum absolute atomic E-state index is 0.277. The van der Waals surface area contributed by atoms with Gasteiger partial charge in [0.05, 0.1) is 26.6 Å². The lowest BCUT2D eigenvalue weighted by Gasteiger charge is -2.32. The molecule has 0 radical (unpaired) electrons. The van der Waals surface area contributed by atoms with E-state index in [1.54, 1.807) is 6.08 Å². The molecule has 0 aromatic rings. The molecule has 0 saturated carbocycles. The third-order valence-corrected chi connectivity index (χ3v) is 8.61. The van der Waals surface area contributed by atoms with Crippen molar-refractivity contribution in [2.75, 3.05) is 6.61 Å². The van der Waals surface area contributed by atoms with Gasteiger partial charge in [-0.15, -0.1) is 0 Å². The van der Waals surface area contributed by atoms with Gasteiger partial charge in [0.25, 0.3) is 0 Å². The van der Waals surface area contributed by atoms with Gasteiger partial charge < -0.3 is 29.3 Å². The third kappa shape index (κ3) is 32.4. The topological polar surface area (TPSA) is 122 Å². The molecular formula is C36H68NO6P-2. The number of nitrogens with one attached hydrogen (secondary N) is 1. The lowest BCUT2D eigenvalue weighted by atomic mass is 10.0. The summed E-state index contributed by atoms with van der Waals surface area (Å²) in [7, 11) is -5.21. The molecule has 0 spiro atoms. The van der Waals surface area contributed by atoms with Gasteiger partial charge in [-0.05, 0) is 44.9 Å². The first-order valence-electron chi connectivity index (χ1n) is 18.3. The van der Waals surface area contributed by atoms with Crippen molar-refractivity contribution in [1.29, 1.82) is 0 Å². The van der Waals surface area contributed by atoms with Crippen LogP contribution in [0.15, 0.2) is 24.3 Å². The van der Waals surface area contributed by atoms with Gasteiger partial charge in [0.2, 0.25) is 5.91 Å². The number of phosphoric acid groups is 1. The van der Waals surface area contributed by atoms with Crippen LogP contribution in [0.3, 0.4) is 0 Å². The Kier molecular flexibility index (Phi) is 31.3. The highest BCUT2D eigenvalue weighted by atomic mass is 31.2. The zero-order valence-corrected chi connectivity index (χ0v) is 29.4. The molecule has 0 aliphatic heterocycles. The Morgan fingerprint density at radius 1 is 0.659 bits per heavy atom. The van der Waals surface area contributed by atoms with Crippen LogP contribution >= 0.6 is 7.82 Å². The largest absolute Gasteiger partial charge is 0.790 e. The minimum Gasteiger partial charge on any atom is -0.790 e. The highest BCUT2D eigenvalue weighted by Crippen LogP contribution is 2.25. The Labute approximate surface area is 271 Å². The molecule has 0 aliphatic carbocycles. The summed E-state index contributed by atoms with van der Waals surface area (Å²) in [6.45, 7) is 3.91. The molecule has 8 heteroatoms. The molecule has 0 heterocycles. The Hall–Kier alpha value is -0.980. The van der Waals surface area contributed by atoms with Crippen LogP contribution < -0.4 is 15.1 Å². The fourth-order valence-electron chi connectivity index (χ4n) is 5.33. The van der Waals surface area contributed by atoms with Gasteiger partial charge in [-0.25, -0.2) is 0 Å².